The normalized spacial score (nSPS) is 11.4. The van der Waals surface area contributed by atoms with Crippen LogP contribution in [0.5, 0.6) is 5.75 Å². The summed E-state index contributed by atoms with van der Waals surface area (Å²) >= 11 is 3.18. The summed E-state index contributed by atoms with van der Waals surface area (Å²) in [6.07, 6.45) is 2.26. The molecular weight excluding hydrogens is 498 g/mol. The highest BCUT2D eigenvalue weighted by atomic mass is 79.9. The van der Waals surface area contributed by atoms with Gasteiger partial charge < -0.3 is 24.8 Å². The van der Waals surface area contributed by atoms with E-state index in [1.165, 1.54) is 6.07 Å². The van der Waals surface area contributed by atoms with Gasteiger partial charge in [0.05, 0.1) is 7.11 Å². The molecule has 0 spiro atoms. The number of hydrogen-bond donors (Lipinski definition) is 3. The highest BCUT2D eigenvalue weighted by Gasteiger charge is 2.17. The Kier molecular flexibility index (Phi) is 7.18. The molecule has 34 heavy (non-hydrogen) atoms. The number of aryl methyl sites for hydroxylation is 1. The summed E-state index contributed by atoms with van der Waals surface area (Å²) in [5, 5.41) is 6.72. The minimum Gasteiger partial charge on any atom is -0.497 e. The summed E-state index contributed by atoms with van der Waals surface area (Å²) < 4.78 is 10.9. The van der Waals surface area contributed by atoms with Crippen molar-refractivity contribution in [3.63, 3.8) is 0 Å². The quantitative estimate of drug-likeness (QED) is 0.285. The maximum absolute atomic E-state index is 13.1. The third kappa shape index (κ3) is 5.40. The molecular formula is C26H24BrN3O4. The predicted molar refractivity (Wildman–Crippen MR) is 135 cm³/mol. The molecule has 0 aliphatic heterocycles. The predicted octanol–water partition coefficient (Wildman–Crippen LogP) is 4.97. The second-order valence-corrected chi connectivity index (χ2v) is 8.45. The molecule has 0 radical (unpaired) electrons. The van der Waals surface area contributed by atoms with Gasteiger partial charge in [-0.05, 0) is 76.8 Å². The lowest BCUT2D eigenvalue weighted by molar-refractivity contribution is -0.117. The topological polar surface area (TPSA) is 96.4 Å². The lowest BCUT2D eigenvalue weighted by atomic mass is 10.1. The number of rotatable bonds is 8. The van der Waals surface area contributed by atoms with E-state index in [1.54, 1.807) is 43.5 Å². The number of nitrogens with one attached hydrogen (secondary N) is 3. The number of para-hydroxylation sites is 1. The number of fused-ring (bicyclic) bond motifs is 1. The first-order valence-corrected chi connectivity index (χ1v) is 11.5. The van der Waals surface area contributed by atoms with Crippen molar-refractivity contribution in [3.8, 4) is 5.75 Å². The van der Waals surface area contributed by atoms with Gasteiger partial charge in [-0.1, -0.05) is 30.3 Å². The zero-order chi connectivity index (χ0) is 24.1. The van der Waals surface area contributed by atoms with Crippen LogP contribution in [-0.2, 0) is 11.2 Å². The Bertz CT molecular complexity index is 1350. The third-order valence-electron chi connectivity index (χ3n) is 5.40. The van der Waals surface area contributed by atoms with Gasteiger partial charge in [-0.2, -0.15) is 0 Å². The molecule has 8 heteroatoms. The molecule has 2 aromatic carbocycles. The molecule has 4 aromatic rings. The summed E-state index contributed by atoms with van der Waals surface area (Å²) in [5.41, 5.74) is 4.14. The minimum atomic E-state index is -0.520. The Labute approximate surface area is 205 Å². The number of benzene rings is 2. The maximum Gasteiger partial charge on any atom is 0.291 e. The van der Waals surface area contributed by atoms with E-state index >= 15 is 0 Å². The van der Waals surface area contributed by atoms with Crippen molar-refractivity contribution in [2.75, 3.05) is 13.7 Å². The van der Waals surface area contributed by atoms with Crippen LogP contribution >= 0.6 is 15.9 Å². The molecule has 2 aromatic heterocycles. The number of hydrogen-bond acceptors (Lipinski definition) is 4. The van der Waals surface area contributed by atoms with Crippen LogP contribution in [0.2, 0.25) is 0 Å². The first kappa shape index (κ1) is 23.4. The molecule has 0 bridgehead atoms. The first-order valence-electron chi connectivity index (χ1n) is 10.7. The fourth-order valence-electron chi connectivity index (χ4n) is 3.70. The van der Waals surface area contributed by atoms with Gasteiger partial charge in [0.15, 0.2) is 10.4 Å². The number of carbonyl (C=O) groups excluding carboxylic acids is 2. The molecule has 0 saturated heterocycles. The van der Waals surface area contributed by atoms with Gasteiger partial charge in [0.25, 0.3) is 11.8 Å². The average Bonchev–Trinajstić information content (AvgIpc) is 3.41. The largest absolute Gasteiger partial charge is 0.497 e. The van der Waals surface area contributed by atoms with Crippen LogP contribution in [0.4, 0.5) is 0 Å². The van der Waals surface area contributed by atoms with Crippen LogP contribution in [0.15, 0.2) is 75.4 Å². The van der Waals surface area contributed by atoms with E-state index < -0.39 is 11.8 Å². The van der Waals surface area contributed by atoms with Gasteiger partial charge in [0.1, 0.15) is 11.4 Å². The molecule has 2 heterocycles. The van der Waals surface area contributed by atoms with Crippen LogP contribution in [0.3, 0.4) is 0 Å². The molecule has 0 aliphatic carbocycles. The monoisotopic (exact) mass is 521 g/mol. The van der Waals surface area contributed by atoms with Crippen molar-refractivity contribution >= 4 is 44.7 Å². The summed E-state index contributed by atoms with van der Waals surface area (Å²) in [7, 11) is 1.58. The van der Waals surface area contributed by atoms with Gasteiger partial charge in [0, 0.05) is 23.1 Å². The molecule has 3 N–H and O–H groups in total. The maximum atomic E-state index is 13.1. The fourth-order valence-corrected chi connectivity index (χ4v) is 4.01. The second kappa shape index (κ2) is 10.4. The van der Waals surface area contributed by atoms with Crippen molar-refractivity contribution in [1.82, 2.24) is 15.6 Å². The van der Waals surface area contributed by atoms with Crippen molar-refractivity contribution < 1.29 is 18.7 Å². The number of aromatic nitrogens is 1. The molecule has 0 fully saturated rings. The highest BCUT2D eigenvalue weighted by molar-refractivity contribution is 9.10. The van der Waals surface area contributed by atoms with Crippen LogP contribution in [0, 0.1) is 6.92 Å². The van der Waals surface area contributed by atoms with Gasteiger partial charge in [-0.25, -0.2) is 0 Å². The van der Waals surface area contributed by atoms with Gasteiger partial charge in [-0.15, -0.1) is 0 Å². The summed E-state index contributed by atoms with van der Waals surface area (Å²) in [6, 6.07) is 18.4. The Hall–Kier alpha value is -3.78. The summed E-state index contributed by atoms with van der Waals surface area (Å²) in [4.78, 5) is 29.1. The summed E-state index contributed by atoms with van der Waals surface area (Å²) in [6.45, 7) is 2.43. The van der Waals surface area contributed by atoms with Crippen LogP contribution in [0.1, 0.15) is 27.4 Å². The smallest absolute Gasteiger partial charge is 0.291 e. The number of furan rings is 1. The summed E-state index contributed by atoms with van der Waals surface area (Å²) in [5.74, 6) is -0.128. The van der Waals surface area contributed by atoms with Crippen molar-refractivity contribution in [2.45, 2.75) is 13.3 Å². The van der Waals surface area contributed by atoms with Crippen LogP contribution in [0.25, 0.3) is 17.0 Å². The van der Waals surface area contributed by atoms with Crippen molar-refractivity contribution in [3.05, 3.63) is 93.6 Å². The number of ether oxygens (including phenoxy) is 1. The zero-order valence-corrected chi connectivity index (χ0v) is 20.4. The Balaban J connectivity index is 1.50. The lowest BCUT2D eigenvalue weighted by Crippen LogP contribution is -2.35. The Morgan fingerprint density at radius 1 is 1.09 bits per heavy atom. The number of amides is 2. The van der Waals surface area contributed by atoms with Gasteiger partial charge in [-0.3, -0.25) is 9.59 Å². The van der Waals surface area contributed by atoms with E-state index in [2.05, 4.69) is 37.6 Å². The number of H-pyrrole nitrogens is 1. The number of carbonyl (C=O) groups is 2. The molecule has 7 nitrogen and oxygen atoms in total. The lowest BCUT2D eigenvalue weighted by Gasteiger charge is -2.11. The third-order valence-corrected chi connectivity index (χ3v) is 5.83. The van der Waals surface area contributed by atoms with Crippen LogP contribution in [-0.4, -0.2) is 30.5 Å². The van der Waals surface area contributed by atoms with E-state index in [0.717, 1.165) is 27.7 Å². The van der Waals surface area contributed by atoms with Crippen LogP contribution < -0.4 is 15.4 Å². The van der Waals surface area contributed by atoms with Gasteiger partial charge >= 0.3 is 0 Å². The van der Waals surface area contributed by atoms with E-state index in [9.17, 15) is 9.59 Å². The Morgan fingerprint density at radius 3 is 2.56 bits per heavy atom. The number of halogens is 1. The highest BCUT2D eigenvalue weighted by Crippen LogP contribution is 2.22. The van der Waals surface area contributed by atoms with E-state index in [0.29, 0.717) is 23.4 Å². The molecule has 0 aliphatic rings. The molecule has 0 saturated carbocycles. The number of aromatic amines is 1. The number of methoxy groups -OCH3 is 1. The molecule has 0 atom stereocenters. The molecule has 2 amide bonds. The SMILES string of the molecule is COc1ccc(C=C(NC(=O)c2ccc(Br)o2)C(=O)NCCc2c(C)[nH]c3ccccc23)cc1. The van der Waals surface area contributed by atoms with Crippen molar-refractivity contribution in [2.24, 2.45) is 0 Å². The van der Waals surface area contributed by atoms with E-state index in [1.807, 2.05) is 25.1 Å². The fraction of sp³-hybridized carbons (Fsp3) is 0.154. The Morgan fingerprint density at radius 2 is 1.85 bits per heavy atom. The molecule has 4 rings (SSSR count). The second-order valence-electron chi connectivity index (χ2n) is 7.67. The van der Waals surface area contributed by atoms with Crippen molar-refractivity contribution in [1.29, 1.82) is 0 Å². The van der Waals surface area contributed by atoms with E-state index in [-0.39, 0.29) is 11.5 Å². The average molecular weight is 522 g/mol. The zero-order valence-electron chi connectivity index (χ0n) is 18.8. The molecule has 0 unspecified atom stereocenters. The first-order chi connectivity index (χ1) is 16.4. The van der Waals surface area contributed by atoms with E-state index in [4.69, 9.17) is 9.15 Å². The van der Waals surface area contributed by atoms with Gasteiger partial charge in [0.2, 0.25) is 0 Å². The minimum absolute atomic E-state index is 0.0923. The molecule has 174 valence electrons. The standard InChI is InChI=1S/C26H24BrN3O4/c1-16-19(20-5-3-4-6-21(20)29-16)13-14-28-25(31)22(15-17-7-9-18(33-2)10-8-17)30-26(32)23-11-12-24(27)34-23/h3-12,15,29H,13-14H2,1-2H3,(H,28,31)(H,30,32).